The molecule has 36 heavy (non-hydrogen) atoms. The molecular formula is C26H25F3N4O2S. The summed E-state index contributed by atoms with van der Waals surface area (Å²) in [6.07, 6.45) is -4.39. The van der Waals surface area contributed by atoms with Gasteiger partial charge in [-0.3, -0.25) is 14.5 Å². The fraction of sp³-hybridized carbons (Fsp3) is 0.346. The van der Waals surface area contributed by atoms with E-state index in [1.54, 1.807) is 27.9 Å². The second kappa shape index (κ2) is 9.67. The van der Waals surface area contributed by atoms with Gasteiger partial charge in [0.25, 0.3) is 11.8 Å². The average Bonchev–Trinajstić information content (AvgIpc) is 3.38. The van der Waals surface area contributed by atoms with Crippen molar-refractivity contribution in [2.24, 2.45) is 0 Å². The van der Waals surface area contributed by atoms with Gasteiger partial charge in [-0.1, -0.05) is 24.3 Å². The molecule has 6 nitrogen and oxygen atoms in total. The van der Waals surface area contributed by atoms with Crippen molar-refractivity contribution in [2.45, 2.75) is 19.1 Å². The van der Waals surface area contributed by atoms with Crippen molar-refractivity contribution in [1.29, 1.82) is 0 Å². The molecule has 1 aromatic heterocycles. The molecule has 2 aliphatic rings. The third-order valence-corrected chi connectivity index (χ3v) is 7.59. The highest BCUT2D eigenvalue weighted by atomic mass is 32.1. The minimum absolute atomic E-state index is 0.0373. The van der Waals surface area contributed by atoms with E-state index in [0.717, 1.165) is 36.3 Å². The molecule has 0 saturated carbocycles. The lowest BCUT2D eigenvalue weighted by atomic mass is 9.94. The highest BCUT2D eigenvalue weighted by Crippen LogP contribution is 2.33. The number of rotatable bonds is 4. The zero-order valence-electron chi connectivity index (χ0n) is 19.7. The van der Waals surface area contributed by atoms with Gasteiger partial charge in [-0.15, -0.1) is 11.3 Å². The first-order valence-corrected chi connectivity index (χ1v) is 12.6. The predicted octanol–water partition coefficient (Wildman–Crippen LogP) is 4.42. The molecule has 2 fully saturated rings. The lowest BCUT2D eigenvalue weighted by molar-refractivity contribution is -0.137. The number of likely N-dealkylation sites (tertiary alicyclic amines) is 1. The van der Waals surface area contributed by atoms with Gasteiger partial charge in [0, 0.05) is 56.3 Å². The molecule has 2 aromatic carbocycles. The fourth-order valence-electron chi connectivity index (χ4n) is 4.81. The van der Waals surface area contributed by atoms with E-state index in [1.165, 1.54) is 23.5 Å². The summed E-state index contributed by atoms with van der Waals surface area (Å²) in [5, 5.41) is 1.76. The largest absolute Gasteiger partial charge is 0.416 e. The van der Waals surface area contributed by atoms with Crippen LogP contribution in [-0.4, -0.2) is 76.8 Å². The predicted molar refractivity (Wildman–Crippen MR) is 131 cm³/mol. The Bertz CT molecular complexity index is 1250. The molecule has 188 valence electrons. The Morgan fingerprint density at radius 3 is 2.25 bits per heavy atom. The second-order valence-electron chi connectivity index (χ2n) is 9.12. The van der Waals surface area contributed by atoms with E-state index < -0.39 is 11.7 Å². The van der Waals surface area contributed by atoms with Gasteiger partial charge in [-0.25, -0.2) is 4.98 Å². The molecule has 0 spiro atoms. The van der Waals surface area contributed by atoms with Crippen LogP contribution in [0.5, 0.6) is 0 Å². The van der Waals surface area contributed by atoms with Crippen molar-refractivity contribution < 1.29 is 22.8 Å². The Balaban J connectivity index is 1.19. The van der Waals surface area contributed by atoms with Crippen LogP contribution < -0.4 is 0 Å². The third-order valence-electron chi connectivity index (χ3n) is 7.01. The first-order chi connectivity index (χ1) is 17.2. The molecule has 3 aromatic rings. The Kier molecular flexibility index (Phi) is 6.57. The van der Waals surface area contributed by atoms with Gasteiger partial charge >= 0.3 is 6.18 Å². The lowest BCUT2D eigenvalue weighted by Crippen LogP contribution is -2.64. The first-order valence-electron chi connectivity index (χ1n) is 11.7. The van der Waals surface area contributed by atoms with Crippen molar-refractivity contribution in [3.05, 3.63) is 75.7 Å². The van der Waals surface area contributed by atoms with Crippen LogP contribution >= 0.6 is 11.3 Å². The minimum atomic E-state index is -4.39. The maximum absolute atomic E-state index is 13.2. The quantitative estimate of drug-likeness (QED) is 0.517. The van der Waals surface area contributed by atoms with E-state index in [1.807, 2.05) is 17.9 Å². The van der Waals surface area contributed by atoms with Gasteiger partial charge in [-0.05, 0) is 41.8 Å². The maximum atomic E-state index is 13.2. The summed E-state index contributed by atoms with van der Waals surface area (Å²) in [7, 11) is 0. The normalized spacial score (nSPS) is 17.2. The zero-order valence-corrected chi connectivity index (χ0v) is 20.5. The summed E-state index contributed by atoms with van der Waals surface area (Å²) in [4.78, 5) is 35.8. The number of halogens is 3. The monoisotopic (exact) mass is 514 g/mol. The fourth-order valence-corrected chi connectivity index (χ4v) is 5.34. The molecule has 0 bridgehead atoms. The van der Waals surface area contributed by atoms with Gasteiger partial charge < -0.3 is 9.80 Å². The summed E-state index contributed by atoms with van der Waals surface area (Å²) in [5.74, 6) is -0.112. The average molecular weight is 515 g/mol. The van der Waals surface area contributed by atoms with E-state index in [2.05, 4.69) is 9.88 Å². The molecule has 0 unspecified atom stereocenters. The van der Waals surface area contributed by atoms with E-state index in [0.29, 0.717) is 43.0 Å². The zero-order chi connectivity index (χ0) is 25.4. The number of nitrogens with zero attached hydrogens (tertiary/aromatic N) is 4. The van der Waals surface area contributed by atoms with Crippen LogP contribution in [0.25, 0.3) is 11.1 Å². The number of hydrogen-bond donors (Lipinski definition) is 0. The van der Waals surface area contributed by atoms with Crippen molar-refractivity contribution in [1.82, 2.24) is 19.7 Å². The van der Waals surface area contributed by atoms with Crippen LogP contribution in [0, 0.1) is 6.92 Å². The molecule has 2 aliphatic heterocycles. The van der Waals surface area contributed by atoms with Crippen molar-refractivity contribution >= 4 is 23.2 Å². The van der Waals surface area contributed by atoms with Gasteiger partial charge in [0.1, 0.15) is 5.69 Å². The maximum Gasteiger partial charge on any atom is 0.416 e. The van der Waals surface area contributed by atoms with Crippen LogP contribution in [0.2, 0.25) is 0 Å². The van der Waals surface area contributed by atoms with Crippen molar-refractivity contribution in [3.8, 4) is 11.1 Å². The Labute approximate surface area is 211 Å². The Morgan fingerprint density at radius 2 is 1.64 bits per heavy atom. The Morgan fingerprint density at radius 1 is 0.944 bits per heavy atom. The van der Waals surface area contributed by atoms with Gasteiger partial charge in [0.15, 0.2) is 0 Å². The molecule has 10 heteroatoms. The number of hydrogen-bond acceptors (Lipinski definition) is 5. The van der Waals surface area contributed by atoms with Gasteiger partial charge in [0.2, 0.25) is 0 Å². The number of amides is 2. The smallest absolute Gasteiger partial charge is 0.335 e. The summed E-state index contributed by atoms with van der Waals surface area (Å²) in [6, 6.07) is 10.6. The SMILES string of the molecule is Cc1c(C(=O)N2CC(N3CCN(C(=O)c4cscn4)CC3)C2)cccc1-c1ccc(C(F)(F)F)cc1. The molecule has 0 aliphatic carbocycles. The molecule has 0 atom stereocenters. The molecular weight excluding hydrogens is 489 g/mol. The van der Waals surface area contributed by atoms with E-state index in [9.17, 15) is 22.8 Å². The number of carbonyl (C=O) groups excluding carboxylic acids is 2. The summed E-state index contributed by atoms with van der Waals surface area (Å²) in [6.45, 7) is 5.84. The van der Waals surface area contributed by atoms with Crippen LogP contribution in [0.15, 0.2) is 53.4 Å². The second-order valence-corrected chi connectivity index (χ2v) is 9.84. The Hall–Kier alpha value is -3.24. The molecule has 0 N–H and O–H groups in total. The summed E-state index contributed by atoms with van der Waals surface area (Å²) in [5.41, 5.74) is 4.14. The number of carbonyl (C=O) groups is 2. The van der Waals surface area contributed by atoms with Crippen LogP contribution in [0.4, 0.5) is 13.2 Å². The summed E-state index contributed by atoms with van der Waals surface area (Å²) < 4.78 is 38.7. The highest BCUT2D eigenvalue weighted by Gasteiger charge is 2.37. The molecule has 2 saturated heterocycles. The highest BCUT2D eigenvalue weighted by molar-refractivity contribution is 7.07. The molecule has 3 heterocycles. The molecule has 2 amide bonds. The molecule has 5 rings (SSSR count). The van der Waals surface area contributed by atoms with Gasteiger partial charge in [-0.2, -0.15) is 13.2 Å². The van der Waals surface area contributed by atoms with Crippen LogP contribution in [0.3, 0.4) is 0 Å². The van der Waals surface area contributed by atoms with E-state index >= 15 is 0 Å². The van der Waals surface area contributed by atoms with Crippen molar-refractivity contribution in [2.75, 3.05) is 39.3 Å². The number of benzene rings is 2. The minimum Gasteiger partial charge on any atom is -0.335 e. The van der Waals surface area contributed by atoms with Crippen molar-refractivity contribution in [3.63, 3.8) is 0 Å². The van der Waals surface area contributed by atoms with E-state index in [4.69, 9.17) is 0 Å². The first kappa shape index (κ1) is 24.5. The topological polar surface area (TPSA) is 56.8 Å². The standard InChI is InChI=1S/C26H25F3N4O2S/c1-17-21(18-5-7-19(8-6-18)26(27,28)29)3-2-4-22(17)24(34)33-13-20(14-33)31-9-11-32(12-10-31)25(35)23-15-36-16-30-23/h2-8,15-16,20H,9-14H2,1H3. The third kappa shape index (κ3) is 4.75. The lowest BCUT2D eigenvalue weighted by Gasteiger charge is -2.48. The van der Waals surface area contributed by atoms with Crippen LogP contribution in [-0.2, 0) is 6.18 Å². The van der Waals surface area contributed by atoms with Gasteiger partial charge in [0.05, 0.1) is 11.1 Å². The van der Waals surface area contributed by atoms with Crippen LogP contribution in [0.1, 0.15) is 32.0 Å². The summed E-state index contributed by atoms with van der Waals surface area (Å²) >= 11 is 1.41. The number of aromatic nitrogens is 1. The number of alkyl halides is 3. The van der Waals surface area contributed by atoms with E-state index in [-0.39, 0.29) is 17.9 Å². The number of piperazine rings is 1. The number of thiazole rings is 1. The molecule has 0 radical (unpaired) electrons.